The highest BCUT2D eigenvalue weighted by atomic mass is 16.2. The van der Waals surface area contributed by atoms with Gasteiger partial charge >= 0.3 is 0 Å². The standard InChI is InChI=1S/C10H10N6O2/c1-3-5(11)7-9(17)16-8(6(12)4(2)14-16)10(18)15(7)13-3/h11-12H2,1-2H3. The van der Waals surface area contributed by atoms with Crippen LogP contribution in [0.2, 0.25) is 0 Å². The van der Waals surface area contributed by atoms with Crippen LogP contribution in [0.5, 0.6) is 0 Å². The summed E-state index contributed by atoms with van der Waals surface area (Å²) in [6.07, 6.45) is 0. The van der Waals surface area contributed by atoms with Crippen LogP contribution in [0.3, 0.4) is 0 Å². The average molecular weight is 246 g/mol. The monoisotopic (exact) mass is 246 g/mol. The topological polar surface area (TPSA) is 121 Å². The second-order valence-corrected chi connectivity index (χ2v) is 4.13. The Morgan fingerprint density at radius 1 is 0.833 bits per heavy atom. The van der Waals surface area contributed by atoms with Crippen LogP contribution in [0.4, 0.5) is 11.4 Å². The molecule has 4 N–H and O–H groups in total. The van der Waals surface area contributed by atoms with E-state index in [1.165, 1.54) is 0 Å². The van der Waals surface area contributed by atoms with Crippen molar-refractivity contribution >= 4 is 22.4 Å². The van der Waals surface area contributed by atoms with Gasteiger partial charge in [0.25, 0.3) is 11.1 Å². The van der Waals surface area contributed by atoms with Gasteiger partial charge in [-0.15, -0.1) is 0 Å². The number of nitrogen functional groups attached to an aromatic ring is 2. The Bertz CT molecular complexity index is 830. The normalized spacial score (nSPS) is 11.7. The van der Waals surface area contributed by atoms with Crippen molar-refractivity contribution in [1.82, 2.24) is 19.2 Å². The molecule has 0 radical (unpaired) electrons. The molecule has 0 atom stereocenters. The Morgan fingerprint density at radius 2 is 1.17 bits per heavy atom. The number of hydrogen-bond donors (Lipinski definition) is 2. The van der Waals surface area contributed by atoms with Gasteiger partial charge in [0, 0.05) is 0 Å². The fourth-order valence-corrected chi connectivity index (χ4v) is 1.98. The van der Waals surface area contributed by atoms with E-state index in [1.54, 1.807) is 13.8 Å². The van der Waals surface area contributed by atoms with E-state index in [2.05, 4.69) is 10.2 Å². The molecule has 0 saturated carbocycles. The van der Waals surface area contributed by atoms with Crippen LogP contribution >= 0.6 is 0 Å². The van der Waals surface area contributed by atoms with E-state index < -0.39 is 11.1 Å². The van der Waals surface area contributed by atoms with E-state index in [1.807, 2.05) is 0 Å². The Hall–Kier alpha value is -2.64. The molecule has 0 saturated heterocycles. The van der Waals surface area contributed by atoms with Crippen LogP contribution in [0, 0.1) is 13.8 Å². The summed E-state index contributed by atoms with van der Waals surface area (Å²) in [5.74, 6) is 0. The van der Waals surface area contributed by atoms with E-state index in [4.69, 9.17) is 11.5 Å². The first-order chi connectivity index (χ1) is 8.43. The van der Waals surface area contributed by atoms with Crippen molar-refractivity contribution in [1.29, 1.82) is 0 Å². The highest BCUT2D eigenvalue weighted by Crippen LogP contribution is 2.16. The Kier molecular flexibility index (Phi) is 1.74. The lowest BCUT2D eigenvalue weighted by molar-refractivity contribution is 0.837. The molecule has 92 valence electrons. The van der Waals surface area contributed by atoms with Gasteiger partial charge in [-0.2, -0.15) is 19.2 Å². The van der Waals surface area contributed by atoms with Crippen molar-refractivity contribution in [3.63, 3.8) is 0 Å². The summed E-state index contributed by atoms with van der Waals surface area (Å²) >= 11 is 0. The highest BCUT2D eigenvalue weighted by molar-refractivity contribution is 5.76. The molecule has 3 aromatic heterocycles. The fourth-order valence-electron chi connectivity index (χ4n) is 1.98. The maximum Gasteiger partial charge on any atom is 0.299 e. The van der Waals surface area contributed by atoms with Gasteiger partial charge in [0.2, 0.25) is 0 Å². The Morgan fingerprint density at radius 3 is 1.50 bits per heavy atom. The van der Waals surface area contributed by atoms with Gasteiger partial charge in [-0.25, -0.2) is 0 Å². The lowest BCUT2D eigenvalue weighted by Crippen LogP contribution is -2.27. The van der Waals surface area contributed by atoms with Crippen molar-refractivity contribution in [2.45, 2.75) is 13.8 Å². The number of aryl methyl sites for hydroxylation is 2. The van der Waals surface area contributed by atoms with E-state index in [9.17, 15) is 9.59 Å². The molecule has 0 aromatic carbocycles. The average Bonchev–Trinajstić information content (AvgIpc) is 2.78. The zero-order valence-corrected chi connectivity index (χ0v) is 9.76. The first kappa shape index (κ1) is 10.5. The molecule has 0 aliphatic heterocycles. The number of nitrogens with zero attached hydrogens (tertiary/aromatic N) is 4. The molecular formula is C10H10N6O2. The zero-order chi connectivity index (χ0) is 13.2. The second-order valence-electron chi connectivity index (χ2n) is 4.13. The van der Waals surface area contributed by atoms with Crippen LogP contribution in [0.25, 0.3) is 11.0 Å². The predicted octanol–water partition coefficient (Wildman–Crippen LogP) is -1.08. The number of hydrogen-bond acceptors (Lipinski definition) is 6. The Labute approximate surface area is 99.8 Å². The van der Waals surface area contributed by atoms with Crippen LogP contribution in [-0.2, 0) is 0 Å². The van der Waals surface area contributed by atoms with Crippen LogP contribution in [-0.4, -0.2) is 19.2 Å². The van der Waals surface area contributed by atoms with E-state index in [-0.39, 0.29) is 22.4 Å². The summed E-state index contributed by atoms with van der Waals surface area (Å²) in [6, 6.07) is 0. The first-order valence-electron chi connectivity index (χ1n) is 5.23. The third-order valence-corrected chi connectivity index (χ3v) is 3.00. The maximum atomic E-state index is 12.2. The molecular weight excluding hydrogens is 236 g/mol. The second kappa shape index (κ2) is 2.97. The number of anilines is 2. The minimum Gasteiger partial charge on any atom is -0.395 e. The third-order valence-electron chi connectivity index (χ3n) is 3.00. The van der Waals surface area contributed by atoms with Crippen molar-refractivity contribution in [2.75, 3.05) is 11.5 Å². The third kappa shape index (κ3) is 0.992. The highest BCUT2D eigenvalue weighted by Gasteiger charge is 2.20. The molecule has 0 amide bonds. The van der Waals surface area contributed by atoms with Crippen LogP contribution in [0.15, 0.2) is 9.59 Å². The van der Waals surface area contributed by atoms with Crippen LogP contribution < -0.4 is 22.6 Å². The molecule has 8 nitrogen and oxygen atoms in total. The smallest absolute Gasteiger partial charge is 0.299 e. The summed E-state index contributed by atoms with van der Waals surface area (Å²) in [5, 5.41) is 7.91. The summed E-state index contributed by atoms with van der Waals surface area (Å²) in [5.41, 5.74) is 11.8. The molecule has 0 spiro atoms. The summed E-state index contributed by atoms with van der Waals surface area (Å²) in [6.45, 7) is 3.25. The van der Waals surface area contributed by atoms with Crippen molar-refractivity contribution in [3.05, 3.63) is 32.1 Å². The van der Waals surface area contributed by atoms with Gasteiger partial charge in [-0.3, -0.25) is 9.59 Å². The SMILES string of the molecule is Cc1nn2c(=O)c3c(N)c(C)nn3c(=O)c2c1N. The number of fused-ring (bicyclic) bond motifs is 2. The number of rotatable bonds is 0. The summed E-state index contributed by atoms with van der Waals surface area (Å²) in [4.78, 5) is 24.4. The van der Waals surface area contributed by atoms with Crippen molar-refractivity contribution in [3.8, 4) is 0 Å². The fraction of sp³-hybridized carbons (Fsp3) is 0.200. The molecule has 3 heterocycles. The van der Waals surface area contributed by atoms with Crippen molar-refractivity contribution in [2.24, 2.45) is 0 Å². The molecule has 18 heavy (non-hydrogen) atoms. The zero-order valence-electron chi connectivity index (χ0n) is 9.76. The molecule has 3 rings (SSSR count). The van der Waals surface area contributed by atoms with Gasteiger partial charge in [0.1, 0.15) is 0 Å². The summed E-state index contributed by atoms with van der Waals surface area (Å²) in [7, 11) is 0. The predicted molar refractivity (Wildman–Crippen MR) is 66.0 cm³/mol. The molecule has 0 unspecified atom stereocenters. The molecule has 8 heteroatoms. The van der Waals surface area contributed by atoms with E-state index >= 15 is 0 Å². The first-order valence-corrected chi connectivity index (χ1v) is 5.23. The summed E-state index contributed by atoms with van der Waals surface area (Å²) < 4.78 is 1.97. The molecule has 0 aliphatic carbocycles. The van der Waals surface area contributed by atoms with E-state index in [0.717, 1.165) is 9.03 Å². The van der Waals surface area contributed by atoms with E-state index in [0.29, 0.717) is 11.4 Å². The molecule has 0 fully saturated rings. The number of aromatic nitrogens is 4. The van der Waals surface area contributed by atoms with Gasteiger partial charge in [0.05, 0.1) is 22.8 Å². The lowest BCUT2D eigenvalue weighted by Gasteiger charge is -1.95. The maximum absolute atomic E-state index is 12.2. The number of nitrogens with two attached hydrogens (primary N) is 2. The molecule has 3 aromatic rings. The minimum absolute atomic E-state index is 0.0347. The molecule has 0 aliphatic rings. The lowest BCUT2D eigenvalue weighted by atomic mass is 10.3. The quantitative estimate of drug-likeness (QED) is 0.520. The van der Waals surface area contributed by atoms with Gasteiger partial charge < -0.3 is 11.5 Å². The van der Waals surface area contributed by atoms with Crippen LogP contribution in [0.1, 0.15) is 11.4 Å². The van der Waals surface area contributed by atoms with Gasteiger partial charge in [-0.05, 0) is 13.8 Å². The van der Waals surface area contributed by atoms with Gasteiger partial charge in [-0.1, -0.05) is 0 Å². The van der Waals surface area contributed by atoms with Gasteiger partial charge in [0.15, 0.2) is 11.0 Å². The largest absolute Gasteiger partial charge is 0.395 e. The molecule has 0 bridgehead atoms. The minimum atomic E-state index is -0.498. The Balaban J connectivity index is 2.79. The van der Waals surface area contributed by atoms with Crippen molar-refractivity contribution < 1.29 is 0 Å².